The monoisotopic (exact) mass is 349 g/mol. The molecule has 0 saturated heterocycles. The fourth-order valence-corrected chi connectivity index (χ4v) is 3.78. The molecule has 0 aliphatic heterocycles. The van der Waals surface area contributed by atoms with Gasteiger partial charge in [0.1, 0.15) is 17.0 Å². The molecule has 114 valence electrons. The Hall–Kier alpha value is -1.35. The van der Waals surface area contributed by atoms with Gasteiger partial charge in [-0.2, -0.15) is 0 Å². The second-order valence-corrected chi connectivity index (χ2v) is 6.86. The molecule has 2 rings (SSSR count). The summed E-state index contributed by atoms with van der Waals surface area (Å²) in [5.74, 6) is 0.660. The third-order valence-electron chi connectivity index (χ3n) is 2.75. The number of aromatic nitrogens is 3. The predicted molar refractivity (Wildman–Crippen MR) is 80.8 cm³/mol. The first-order valence-corrected chi connectivity index (χ1v) is 8.12. The highest BCUT2D eigenvalue weighted by Gasteiger charge is 2.21. The van der Waals surface area contributed by atoms with Crippen LogP contribution in [0.3, 0.4) is 0 Å². The minimum atomic E-state index is -3.83. The predicted octanol–water partition coefficient (Wildman–Crippen LogP) is 1.23. The van der Waals surface area contributed by atoms with Crippen LogP contribution in [0.2, 0.25) is 10.0 Å². The van der Waals surface area contributed by atoms with Gasteiger partial charge in [0.25, 0.3) is 0 Å². The number of halogens is 2. The van der Waals surface area contributed by atoms with Crippen LogP contribution in [0, 0.1) is 0 Å². The van der Waals surface area contributed by atoms with Crippen LogP contribution in [-0.4, -0.2) is 29.7 Å². The van der Waals surface area contributed by atoms with E-state index in [1.54, 1.807) is 11.6 Å². The van der Waals surface area contributed by atoms with Gasteiger partial charge in [-0.25, -0.2) is 13.1 Å². The summed E-state index contributed by atoms with van der Waals surface area (Å²) in [4.78, 5) is -0.175. The SMILES string of the molecule is Cn1cnnc1CCNS(=O)(=O)c1c(N)cc(Cl)cc1Cl. The topological polar surface area (TPSA) is 103 Å². The molecule has 0 spiro atoms. The zero-order valence-electron chi connectivity index (χ0n) is 11.0. The smallest absolute Gasteiger partial charge is 0.244 e. The fraction of sp³-hybridized carbons (Fsp3) is 0.273. The maximum atomic E-state index is 12.2. The molecule has 0 saturated carbocycles. The van der Waals surface area contributed by atoms with Crippen LogP contribution >= 0.6 is 23.2 Å². The van der Waals surface area contributed by atoms with Crippen molar-refractivity contribution in [3.05, 3.63) is 34.3 Å². The number of nitrogen functional groups attached to an aromatic ring is 1. The molecule has 0 atom stereocenters. The van der Waals surface area contributed by atoms with Crippen molar-refractivity contribution in [3.63, 3.8) is 0 Å². The Kier molecular flexibility index (Phi) is 4.72. The lowest BCUT2D eigenvalue weighted by Gasteiger charge is -2.11. The molecule has 0 unspecified atom stereocenters. The maximum Gasteiger partial charge on any atom is 0.244 e. The van der Waals surface area contributed by atoms with E-state index in [1.807, 2.05) is 0 Å². The molecule has 2 aromatic rings. The van der Waals surface area contributed by atoms with Gasteiger partial charge in [0.15, 0.2) is 0 Å². The number of rotatable bonds is 5. The van der Waals surface area contributed by atoms with Crippen LogP contribution in [0.4, 0.5) is 5.69 Å². The number of sulfonamides is 1. The molecule has 10 heteroatoms. The molecule has 1 aromatic heterocycles. The number of aryl methyl sites for hydroxylation is 1. The van der Waals surface area contributed by atoms with Crippen molar-refractivity contribution < 1.29 is 8.42 Å². The van der Waals surface area contributed by atoms with Gasteiger partial charge >= 0.3 is 0 Å². The number of benzene rings is 1. The van der Waals surface area contributed by atoms with E-state index in [-0.39, 0.29) is 27.2 Å². The van der Waals surface area contributed by atoms with Crippen LogP contribution in [0.1, 0.15) is 5.82 Å². The normalized spacial score (nSPS) is 11.8. The van der Waals surface area contributed by atoms with Gasteiger partial charge in [-0.3, -0.25) is 0 Å². The van der Waals surface area contributed by atoms with E-state index in [9.17, 15) is 8.42 Å². The van der Waals surface area contributed by atoms with E-state index in [1.165, 1.54) is 18.5 Å². The van der Waals surface area contributed by atoms with E-state index < -0.39 is 10.0 Å². The lowest BCUT2D eigenvalue weighted by Crippen LogP contribution is -2.27. The number of nitrogens with one attached hydrogen (secondary N) is 1. The van der Waals surface area contributed by atoms with Crippen molar-refractivity contribution in [2.45, 2.75) is 11.3 Å². The largest absolute Gasteiger partial charge is 0.398 e. The Balaban J connectivity index is 2.14. The van der Waals surface area contributed by atoms with Crippen molar-refractivity contribution in [3.8, 4) is 0 Å². The highest BCUT2D eigenvalue weighted by molar-refractivity contribution is 7.89. The molecule has 1 aromatic carbocycles. The van der Waals surface area contributed by atoms with Gasteiger partial charge in [-0.05, 0) is 12.1 Å². The quantitative estimate of drug-likeness (QED) is 0.790. The Labute approximate surface area is 132 Å². The van der Waals surface area contributed by atoms with Crippen LogP contribution in [0.25, 0.3) is 0 Å². The molecule has 1 heterocycles. The molecule has 0 amide bonds. The Morgan fingerprint density at radius 3 is 2.67 bits per heavy atom. The lowest BCUT2D eigenvalue weighted by atomic mass is 10.3. The van der Waals surface area contributed by atoms with E-state index in [0.29, 0.717) is 12.2 Å². The third-order valence-corrected chi connectivity index (χ3v) is 4.96. The molecular weight excluding hydrogens is 337 g/mol. The molecule has 0 aliphatic carbocycles. The summed E-state index contributed by atoms with van der Waals surface area (Å²) in [5.41, 5.74) is 5.68. The number of nitrogens with two attached hydrogens (primary N) is 1. The van der Waals surface area contributed by atoms with Crippen LogP contribution in [-0.2, 0) is 23.5 Å². The van der Waals surface area contributed by atoms with Crippen molar-refractivity contribution in [2.24, 2.45) is 7.05 Å². The molecule has 0 bridgehead atoms. The third kappa shape index (κ3) is 3.65. The van der Waals surface area contributed by atoms with Crippen molar-refractivity contribution in [1.29, 1.82) is 0 Å². The van der Waals surface area contributed by atoms with Gasteiger partial charge < -0.3 is 10.3 Å². The van der Waals surface area contributed by atoms with E-state index in [4.69, 9.17) is 28.9 Å². The second-order valence-electron chi connectivity index (χ2n) is 4.31. The molecule has 21 heavy (non-hydrogen) atoms. The molecule has 0 radical (unpaired) electrons. The van der Waals surface area contributed by atoms with Crippen molar-refractivity contribution in [2.75, 3.05) is 12.3 Å². The first kappa shape index (κ1) is 16.0. The number of anilines is 1. The first-order chi connectivity index (χ1) is 9.81. The summed E-state index contributed by atoms with van der Waals surface area (Å²) in [7, 11) is -2.05. The van der Waals surface area contributed by atoms with Gasteiger partial charge in [0, 0.05) is 25.0 Å². The van der Waals surface area contributed by atoms with Crippen molar-refractivity contribution >= 4 is 38.9 Å². The minimum absolute atomic E-state index is 0.00124. The van der Waals surface area contributed by atoms with Crippen LogP contribution in [0.15, 0.2) is 23.4 Å². The van der Waals surface area contributed by atoms with Crippen molar-refractivity contribution in [1.82, 2.24) is 19.5 Å². The number of hydrogen-bond donors (Lipinski definition) is 2. The molecule has 0 aliphatic rings. The Morgan fingerprint density at radius 2 is 2.10 bits per heavy atom. The standard InChI is InChI=1S/C11H13Cl2N5O2S/c1-18-6-15-17-10(18)2-3-16-21(19,20)11-8(13)4-7(12)5-9(11)14/h4-6,16H,2-3,14H2,1H3. The molecule has 0 fully saturated rings. The van der Waals surface area contributed by atoms with Gasteiger partial charge in [0.2, 0.25) is 10.0 Å². The highest BCUT2D eigenvalue weighted by Crippen LogP contribution is 2.30. The van der Waals surface area contributed by atoms with Gasteiger partial charge in [0.05, 0.1) is 10.7 Å². The summed E-state index contributed by atoms with van der Waals surface area (Å²) in [6, 6.07) is 2.67. The maximum absolute atomic E-state index is 12.2. The minimum Gasteiger partial charge on any atom is -0.398 e. The van der Waals surface area contributed by atoms with Crippen LogP contribution < -0.4 is 10.5 Å². The summed E-state index contributed by atoms with van der Waals surface area (Å²) in [6.45, 7) is 0.146. The fourth-order valence-electron chi connectivity index (χ4n) is 1.77. The zero-order valence-corrected chi connectivity index (χ0v) is 13.4. The Morgan fingerprint density at radius 1 is 1.38 bits per heavy atom. The van der Waals surface area contributed by atoms with Gasteiger partial charge in [-0.1, -0.05) is 23.2 Å². The number of nitrogens with zero attached hydrogens (tertiary/aromatic N) is 3. The van der Waals surface area contributed by atoms with E-state index in [0.717, 1.165) is 0 Å². The first-order valence-electron chi connectivity index (χ1n) is 5.88. The summed E-state index contributed by atoms with van der Waals surface area (Å²) in [5, 5.41) is 7.83. The molecular formula is C11H13Cl2N5O2S. The number of hydrogen-bond acceptors (Lipinski definition) is 5. The van der Waals surface area contributed by atoms with E-state index in [2.05, 4.69) is 14.9 Å². The van der Waals surface area contributed by atoms with Crippen LogP contribution in [0.5, 0.6) is 0 Å². The average molecular weight is 350 g/mol. The average Bonchev–Trinajstić information content (AvgIpc) is 2.73. The Bertz CT molecular complexity index is 737. The summed E-state index contributed by atoms with van der Waals surface area (Å²) < 4.78 is 28.6. The molecule has 3 N–H and O–H groups in total. The highest BCUT2D eigenvalue weighted by atomic mass is 35.5. The van der Waals surface area contributed by atoms with Gasteiger partial charge in [-0.15, -0.1) is 10.2 Å². The second kappa shape index (κ2) is 6.18. The zero-order chi connectivity index (χ0) is 15.6. The summed E-state index contributed by atoms with van der Waals surface area (Å²) in [6.07, 6.45) is 1.93. The molecule has 7 nitrogen and oxygen atoms in total. The summed E-state index contributed by atoms with van der Waals surface area (Å²) >= 11 is 11.7. The lowest BCUT2D eigenvalue weighted by molar-refractivity contribution is 0.580. The van der Waals surface area contributed by atoms with E-state index >= 15 is 0 Å².